The first-order chi connectivity index (χ1) is 10.5. The molecule has 0 spiro atoms. The number of hydrogen-bond acceptors (Lipinski definition) is 5. The summed E-state index contributed by atoms with van der Waals surface area (Å²) >= 11 is 0. The number of hydrogen-bond donors (Lipinski definition) is 2. The Hall–Kier alpha value is -2.50. The minimum absolute atomic E-state index is 0.301. The molecule has 4 rings (SSSR count). The number of ketones is 1. The predicted octanol–water partition coefficient (Wildman–Crippen LogP) is 1.11. The van der Waals surface area contributed by atoms with Crippen molar-refractivity contribution in [2.45, 2.75) is 11.4 Å². The maximum absolute atomic E-state index is 12.7. The number of likely N-dealkylation sites (N-methyl/N-ethyl adjacent to an activating group) is 1. The third kappa shape index (κ3) is 1.30. The maximum atomic E-state index is 12.7. The Balaban J connectivity index is 1.97. The molecule has 5 nitrogen and oxygen atoms in total. The Morgan fingerprint density at radius 1 is 1.00 bits per heavy atom. The number of benzene rings is 2. The SMILES string of the molecule is CN1C(c2ccccc2)=NC2(O)c3ccccc3C(=O)C12O. The van der Waals surface area contributed by atoms with Crippen LogP contribution < -0.4 is 0 Å². The molecule has 0 radical (unpaired) electrons. The number of rotatable bonds is 1. The fraction of sp³-hybridized carbons (Fsp3) is 0.176. The van der Waals surface area contributed by atoms with Crippen molar-refractivity contribution in [3.8, 4) is 0 Å². The number of aliphatic hydroxyl groups is 2. The second kappa shape index (κ2) is 4.03. The number of carbonyl (C=O) groups excluding carboxylic acids is 1. The van der Waals surface area contributed by atoms with Gasteiger partial charge in [-0.1, -0.05) is 54.6 Å². The molecule has 110 valence electrons. The number of carbonyl (C=O) groups is 1. The molecule has 22 heavy (non-hydrogen) atoms. The lowest BCUT2D eigenvalue weighted by Crippen LogP contribution is -2.58. The van der Waals surface area contributed by atoms with Gasteiger partial charge in [0.25, 0.3) is 5.72 Å². The number of fused-ring (bicyclic) bond motifs is 3. The molecule has 5 heteroatoms. The van der Waals surface area contributed by atoms with Crippen LogP contribution in [0.4, 0.5) is 0 Å². The molecule has 2 aliphatic rings. The highest BCUT2D eigenvalue weighted by atomic mass is 16.4. The van der Waals surface area contributed by atoms with Gasteiger partial charge >= 0.3 is 0 Å². The van der Waals surface area contributed by atoms with Gasteiger partial charge in [-0.2, -0.15) is 0 Å². The van der Waals surface area contributed by atoms with Gasteiger partial charge in [-0.3, -0.25) is 4.79 Å². The summed E-state index contributed by atoms with van der Waals surface area (Å²) < 4.78 is 0. The Morgan fingerprint density at radius 3 is 2.36 bits per heavy atom. The van der Waals surface area contributed by atoms with Crippen molar-refractivity contribution in [2.75, 3.05) is 7.05 Å². The maximum Gasteiger partial charge on any atom is 0.259 e. The Kier molecular flexibility index (Phi) is 2.41. The third-order valence-electron chi connectivity index (χ3n) is 4.45. The second-order valence-corrected chi connectivity index (χ2v) is 5.58. The summed E-state index contributed by atoms with van der Waals surface area (Å²) in [5.74, 6) is -0.156. The fourth-order valence-electron chi connectivity index (χ4n) is 3.27. The lowest BCUT2D eigenvalue weighted by Gasteiger charge is -2.34. The summed E-state index contributed by atoms with van der Waals surface area (Å²) in [6.07, 6.45) is 0. The first-order valence-corrected chi connectivity index (χ1v) is 6.98. The van der Waals surface area contributed by atoms with Gasteiger partial charge < -0.3 is 15.1 Å². The fourth-order valence-corrected chi connectivity index (χ4v) is 3.27. The van der Waals surface area contributed by atoms with E-state index < -0.39 is 17.2 Å². The highest BCUT2D eigenvalue weighted by Gasteiger charge is 2.69. The van der Waals surface area contributed by atoms with E-state index in [0.29, 0.717) is 17.0 Å². The zero-order valence-corrected chi connectivity index (χ0v) is 11.9. The van der Waals surface area contributed by atoms with Gasteiger partial charge in [-0.05, 0) is 0 Å². The van der Waals surface area contributed by atoms with Crippen molar-refractivity contribution in [1.82, 2.24) is 4.90 Å². The molecule has 1 heterocycles. The summed E-state index contributed by atoms with van der Waals surface area (Å²) in [4.78, 5) is 18.3. The molecule has 0 aromatic heterocycles. The molecule has 0 fully saturated rings. The highest BCUT2D eigenvalue weighted by molar-refractivity contribution is 6.14. The zero-order valence-electron chi connectivity index (χ0n) is 11.9. The molecule has 2 atom stereocenters. The summed E-state index contributed by atoms with van der Waals surface area (Å²) in [6, 6.07) is 15.8. The quantitative estimate of drug-likeness (QED) is 0.826. The number of nitrogens with zero attached hydrogens (tertiary/aromatic N) is 2. The molecular weight excluding hydrogens is 280 g/mol. The molecule has 2 aromatic carbocycles. The molecule has 0 amide bonds. The van der Waals surface area contributed by atoms with Gasteiger partial charge in [0.1, 0.15) is 5.84 Å². The van der Waals surface area contributed by atoms with E-state index in [4.69, 9.17) is 0 Å². The van der Waals surface area contributed by atoms with Crippen molar-refractivity contribution in [3.05, 3.63) is 71.3 Å². The second-order valence-electron chi connectivity index (χ2n) is 5.58. The molecule has 1 aliphatic carbocycles. The van der Waals surface area contributed by atoms with E-state index in [1.54, 1.807) is 31.3 Å². The van der Waals surface area contributed by atoms with E-state index >= 15 is 0 Å². The van der Waals surface area contributed by atoms with Crippen molar-refractivity contribution in [1.29, 1.82) is 0 Å². The molecule has 0 saturated carbocycles. The Bertz CT molecular complexity index is 818. The monoisotopic (exact) mass is 294 g/mol. The normalized spacial score (nSPS) is 29.3. The molecule has 0 bridgehead atoms. The minimum atomic E-state index is -2.11. The molecule has 0 saturated heterocycles. The van der Waals surface area contributed by atoms with Gasteiger partial charge in [-0.15, -0.1) is 0 Å². The first kappa shape index (κ1) is 13.2. The average Bonchev–Trinajstić information content (AvgIpc) is 2.87. The van der Waals surface area contributed by atoms with Crippen molar-refractivity contribution < 1.29 is 15.0 Å². The van der Waals surface area contributed by atoms with Crippen LogP contribution in [-0.2, 0) is 5.72 Å². The van der Waals surface area contributed by atoms with Crippen LogP contribution in [0.15, 0.2) is 59.6 Å². The third-order valence-corrected chi connectivity index (χ3v) is 4.45. The Labute approximate surface area is 127 Å². The molecule has 2 N–H and O–H groups in total. The van der Waals surface area contributed by atoms with Crippen LogP contribution in [0.3, 0.4) is 0 Å². The van der Waals surface area contributed by atoms with Crippen LogP contribution in [-0.4, -0.2) is 39.5 Å². The average molecular weight is 294 g/mol. The minimum Gasteiger partial charge on any atom is -0.361 e. The molecule has 2 unspecified atom stereocenters. The van der Waals surface area contributed by atoms with E-state index in [-0.39, 0.29) is 0 Å². The van der Waals surface area contributed by atoms with E-state index in [0.717, 1.165) is 5.56 Å². The summed E-state index contributed by atoms with van der Waals surface area (Å²) in [5, 5.41) is 22.0. The molecular formula is C17H14N2O3. The van der Waals surface area contributed by atoms with Crippen LogP contribution in [0, 0.1) is 0 Å². The van der Waals surface area contributed by atoms with E-state index in [9.17, 15) is 15.0 Å². The standard InChI is InChI=1S/C17H14N2O3/c1-19-15(11-7-3-2-4-8-11)18-16(21)13-10-6-5-9-12(13)14(20)17(16,19)22/h2-10,21-22H,1H3. The molecule has 2 aromatic rings. The van der Waals surface area contributed by atoms with Crippen LogP contribution in [0.1, 0.15) is 21.5 Å². The van der Waals surface area contributed by atoms with Crippen molar-refractivity contribution in [2.24, 2.45) is 4.99 Å². The first-order valence-electron chi connectivity index (χ1n) is 6.98. The lowest BCUT2D eigenvalue weighted by molar-refractivity contribution is -0.154. The lowest BCUT2D eigenvalue weighted by atomic mass is 10.00. The van der Waals surface area contributed by atoms with Crippen LogP contribution >= 0.6 is 0 Å². The van der Waals surface area contributed by atoms with Gasteiger partial charge in [0, 0.05) is 23.7 Å². The number of aliphatic imine (C=N–C) groups is 1. The van der Waals surface area contributed by atoms with E-state index in [1.165, 1.54) is 4.90 Å². The summed E-state index contributed by atoms with van der Waals surface area (Å²) in [5.41, 5.74) is -2.73. The van der Waals surface area contributed by atoms with Crippen LogP contribution in [0.2, 0.25) is 0 Å². The number of amidine groups is 1. The van der Waals surface area contributed by atoms with E-state index in [2.05, 4.69) is 4.99 Å². The van der Waals surface area contributed by atoms with Gasteiger partial charge in [-0.25, -0.2) is 4.99 Å². The van der Waals surface area contributed by atoms with Crippen LogP contribution in [0.25, 0.3) is 0 Å². The summed E-state index contributed by atoms with van der Waals surface area (Å²) in [6.45, 7) is 0. The van der Waals surface area contributed by atoms with Gasteiger partial charge in [0.15, 0.2) is 0 Å². The summed E-state index contributed by atoms with van der Waals surface area (Å²) in [7, 11) is 1.56. The van der Waals surface area contributed by atoms with Crippen molar-refractivity contribution >= 4 is 11.6 Å². The largest absolute Gasteiger partial charge is 0.361 e. The van der Waals surface area contributed by atoms with E-state index in [1.807, 2.05) is 30.3 Å². The topological polar surface area (TPSA) is 73.1 Å². The van der Waals surface area contributed by atoms with Gasteiger partial charge in [0.2, 0.25) is 11.5 Å². The van der Waals surface area contributed by atoms with Gasteiger partial charge in [0.05, 0.1) is 0 Å². The Morgan fingerprint density at radius 2 is 1.64 bits per heavy atom. The van der Waals surface area contributed by atoms with Crippen molar-refractivity contribution in [3.63, 3.8) is 0 Å². The predicted molar refractivity (Wildman–Crippen MR) is 80.4 cm³/mol. The number of Topliss-reactive ketones (excluding diaryl/α,β-unsaturated/α-hetero) is 1. The highest BCUT2D eigenvalue weighted by Crippen LogP contribution is 2.50. The van der Waals surface area contributed by atoms with Crippen LogP contribution in [0.5, 0.6) is 0 Å². The smallest absolute Gasteiger partial charge is 0.259 e. The molecule has 1 aliphatic heterocycles. The zero-order chi connectivity index (χ0) is 15.5.